The van der Waals surface area contributed by atoms with Gasteiger partial charge < -0.3 is 15.4 Å². The number of ether oxygens (including phenoxy) is 1. The number of amides is 2. The Morgan fingerprint density at radius 1 is 1.09 bits per heavy atom. The standard InChI is InChI=1S/C17H16N2O3/c1-2-16(20)19-14-9-6-10-15(11-14)22-17(21)18-12-13-7-4-3-5-8-13/h2-11H,1,12H2,(H,18,21)(H,19,20). The molecule has 0 saturated heterocycles. The lowest BCUT2D eigenvalue weighted by molar-refractivity contribution is -0.111. The molecule has 2 aromatic carbocycles. The van der Waals surface area contributed by atoms with Gasteiger partial charge in [-0.3, -0.25) is 4.79 Å². The highest BCUT2D eigenvalue weighted by Crippen LogP contribution is 2.17. The van der Waals surface area contributed by atoms with Crippen LogP contribution in [0.15, 0.2) is 67.3 Å². The van der Waals surface area contributed by atoms with E-state index >= 15 is 0 Å². The summed E-state index contributed by atoms with van der Waals surface area (Å²) in [5.74, 6) is 0.0121. The van der Waals surface area contributed by atoms with Crippen LogP contribution in [-0.4, -0.2) is 12.0 Å². The van der Waals surface area contributed by atoms with Crippen LogP contribution in [-0.2, 0) is 11.3 Å². The monoisotopic (exact) mass is 296 g/mol. The fraction of sp³-hybridized carbons (Fsp3) is 0.0588. The van der Waals surface area contributed by atoms with Crippen molar-refractivity contribution in [2.24, 2.45) is 0 Å². The zero-order valence-electron chi connectivity index (χ0n) is 11.9. The Morgan fingerprint density at radius 2 is 1.86 bits per heavy atom. The second kappa shape index (κ2) is 7.64. The van der Waals surface area contributed by atoms with E-state index in [9.17, 15) is 9.59 Å². The number of nitrogens with one attached hydrogen (secondary N) is 2. The lowest BCUT2D eigenvalue weighted by Crippen LogP contribution is -2.26. The molecule has 0 bridgehead atoms. The first-order chi connectivity index (χ1) is 10.7. The summed E-state index contributed by atoms with van der Waals surface area (Å²) < 4.78 is 5.16. The Morgan fingerprint density at radius 3 is 2.59 bits per heavy atom. The summed E-state index contributed by atoms with van der Waals surface area (Å²) in [6.07, 6.45) is 0.608. The van der Waals surface area contributed by atoms with Crippen molar-refractivity contribution in [2.75, 3.05) is 5.32 Å². The zero-order chi connectivity index (χ0) is 15.8. The highest BCUT2D eigenvalue weighted by Gasteiger charge is 2.05. The molecule has 0 aliphatic carbocycles. The third-order valence-electron chi connectivity index (χ3n) is 2.78. The molecule has 2 aromatic rings. The van der Waals surface area contributed by atoms with Crippen LogP contribution in [0.2, 0.25) is 0 Å². The van der Waals surface area contributed by atoms with E-state index in [2.05, 4.69) is 17.2 Å². The second-order valence-corrected chi connectivity index (χ2v) is 4.45. The van der Waals surface area contributed by atoms with Gasteiger partial charge in [0.25, 0.3) is 0 Å². The molecule has 0 spiro atoms. The molecule has 0 unspecified atom stereocenters. The van der Waals surface area contributed by atoms with Crippen LogP contribution in [0.4, 0.5) is 10.5 Å². The van der Waals surface area contributed by atoms with Crippen LogP contribution in [0.25, 0.3) is 0 Å². The van der Waals surface area contributed by atoms with Gasteiger partial charge >= 0.3 is 6.09 Å². The van der Waals surface area contributed by atoms with Crippen LogP contribution in [0.3, 0.4) is 0 Å². The van der Waals surface area contributed by atoms with Crippen molar-refractivity contribution in [1.29, 1.82) is 0 Å². The molecular weight excluding hydrogens is 280 g/mol. The molecule has 2 amide bonds. The van der Waals surface area contributed by atoms with E-state index in [1.165, 1.54) is 6.08 Å². The minimum Gasteiger partial charge on any atom is -0.410 e. The van der Waals surface area contributed by atoms with Gasteiger partial charge in [-0.05, 0) is 23.8 Å². The normalized spacial score (nSPS) is 9.64. The molecule has 5 heteroatoms. The number of benzene rings is 2. The van der Waals surface area contributed by atoms with Crippen molar-refractivity contribution in [2.45, 2.75) is 6.54 Å². The second-order valence-electron chi connectivity index (χ2n) is 4.45. The molecular formula is C17H16N2O3. The van der Waals surface area contributed by atoms with Crippen LogP contribution in [0.5, 0.6) is 5.75 Å². The smallest absolute Gasteiger partial charge is 0.410 e. The van der Waals surface area contributed by atoms with Gasteiger partial charge in [-0.1, -0.05) is 43.0 Å². The first-order valence-corrected chi connectivity index (χ1v) is 6.70. The zero-order valence-corrected chi connectivity index (χ0v) is 11.9. The third-order valence-corrected chi connectivity index (χ3v) is 2.78. The van der Waals surface area contributed by atoms with Gasteiger partial charge in [0.2, 0.25) is 5.91 Å². The maximum atomic E-state index is 11.7. The van der Waals surface area contributed by atoms with Gasteiger partial charge in [0.1, 0.15) is 5.75 Å². The molecule has 0 heterocycles. The summed E-state index contributed by atoms with van der Waals surface area (Å²) in [5.41, 5.74) is 1.50. The van der Waals surface area contributed by atoms with Crippen molar-refractivity contribution in [3.05, 3.63) is 72.8 Å². The summed E-state index contributed by atoms with van der Waals surface area (Å²) in [7, 11) is 0. The molecule has 0 fully saturated rings. The molecule has 0 saturated carbocycles. The average molecular weight is 296 g/mol. The van der Waals surface area contributed by atoms with E-state index in [0.717, 1.165) is 5.56 Å². The minimum absolute atomic E-state index is 0.328. The van der Waals surface area contributed by atoms with Gasteiger partial charge in [-0.2, -0.15) is 0 Å². The van der Waals surface area contributed by atoms with Crippen molar-refractivity contribution < 1.29 is 14.3 Å². The molecule has 2 N–H and O–H groups in total. The summed E-state index contributed by atoms with van der Waals surface area (Å²) in [6.45, 7) is 3.75. The number of hydrogen-bond donors (Lipinski definition) is 2. The molecule has 0 radical (unpaired) electrons. The first kappa shape index (κ1) is 15.3. The van der Waals surface area contributed by atoms with Gasteiger partial charge in [0, 0.05) is 18.3 Å². The van der Waals surface area contributed by atoms with E-state index < -0.39 is 6.09 Å². The summed E-state index contributed by atoms with van der Waals surface area (Å²) in [4.78, 5) is 23.0. The van der Waals surface area contributed by atoms with Gasteiger partial charge in [0.15, 0.2) is 0 Å². The summed E-state index contributed by atoms with van der Waals surface area (Å²) >= 11 is 0. The lowest BCUT2D eigenvalue weighted by atomic mass is 10.2. The van der Waals surface area contributed by atoms with Gasteiger partial charge in [-0.15, -0.1) is 0 Å². The summed E-state index contributed by atoms with van der Waals surface area (Å²) in [5, 5.41) is 5.25. The SMILES string of the molecule is C=CC(=O)Nc1cccc(OC(=O)NCc2ccccc2)c1. The van der Waals surface area contributed by atoms with E-state index in [4.69, 9.17) is 4.74 Å². The average Bonchev–Trinajstić information content (AvgIpc) is 2.54. The number of carbonyl (C=O) groups is 2. The highest BCUT2D eigenvalue weighted by molar-refractivity contribution is 5.99. The van der Waals surface area contributed by atoms with E-state index in [0.29, 0.717) is 18.0 Å². The van der Waals surface area contributed by atoms with Gasteiger partial charge in [0.05, 0.1) is 0 Å². The molecule has 0 atom stereocenters. The fourth-order valence-corrected chi connectivity index (χ4v) is 1.74. The predicted molar refractivity (Wildman–Crippen MR) is 84.6 cm³/mol. The minimum atomic E-state index is -0.559. The number of anilines is 1. The predicted octanol–water partition coefficient (Wildman–Crippen LogP) is 3.10. The number of rotatable bonds is 5. The van der Waals surface area contributed by atoms with Crippen molar-refractivity contribution >= 4 is 17.7 Å². The molecule has 0 aliphatic heterocycles. The fourth-order valence-electron chi connectivity index (χ4n) is 1.74. The Balaban J connectivity index is 1.89. The van der Waals surface area contributed by atoms with E-state index in [-0.39, 0.29) is 5.91 Å². The molecule has 112 valence electrons. The van der Waals surface area contributed by atoms with Gasteiger partial charge in [-0.25, -0.2) is 4.79 Å². The highest BCUT2D eigenvalue weighted by atomic mass is 16.6. The third kappa shape index (κ3) is 4.79. The Labute approximate surface area is 128 Å². The van der Waals surface area contributed by atoms with E-state index in [1.807, 2.05) is 30.3 Å². The maximum Gasteiger partial charge on any atom is 0.412 e. The van der Waals surface area contributed by atoms with E-state index in [1.54, 1.807) is 24.3 Å². The van der Waals surface area contributed by atoms with Crippen molar-refractivity contribution in [3.63, 3.8) is 0 Å². The lowest BCUT2D eigenvalue weighted by Gasteiger charge is -2.08. The van der Waals surface area contributed by atoms with Crippen LogP contribution >= 0.6 is 0 Å². The molecule has 22 heavy (non-hydrogen) atoms. The van der Waals surface area contributed by atoms with Crippen molar-refractivity contribution in [1.82, 2.24) is 5.32 Å². The molecule has 2 rings (SSSR count). The molecule has 5 nitrogen and oxygen atoms in total. The first-order valence-electron chi connectivity index (χ1n) is 6.70. The van der Waals surface area contributed by atoms with Crippen molar-refractivity contribution in [3.8, 4) is 5.75 Å². The van der Waals surface area contributed by atoms with Crippen LogP contribution < -0.4 is 15.4 Å². The number of carbonyl (C=O) groups excluding carboxylic acids is 2. The largest absolute Gasteiger partial charge is 0.412 e. The molecule has 0 aliphatic rings. The molecule has 0 aromatic heterocycles. The Kier molecular flexibility index (Phi) is 5.31. The quantitative estimate of drug-likeness (QED) is 0.833. The van der Waals surface area contributed by atoms with Crippen LogP contribution in [0.1, 0.15) is 5.56 Å². The summed E-state index contributed by atoms with van der Waals surface area (Å²) in [6, 6.07) is 16.1. The Hall–Kier alpha value is -3.08. The Bertz CT molecular complexity index is 669. The maximum absolute atomic E-state index is 11.7. The number of hydrogen-bond acceptors (Lipinski definition) is 3. The topological polar surface area (TPSA) is 67.4 Å². The van der Waals surface area contributed by atoms with Crippen LogP contribution in [0, 0.1) is 0 Å².